The van der Waals surface area contributed by atoms with Crippen molar-refractivity contribution in [2.75, 3.05) is 57.4 Å². The first-order valence-electron chi connectivity index (χ1n) is 12.2. The Kier molecular flexibility index (Phi) is 5.78. The van der Waals surface area contributed by atoms with E-state index in [0.29, 0.717) is 0 Å². The third-order valence-corrected chi connectivity index (χ3v) is 7.23. The zero-order valence-electron chi connectivity index (χ0n) is 19.1. The van der Waals surface area contributed by atoms with Crippen molar-refractivity contribution in [3.8, 4) is 0 Å². The number of piperazine rings is 1. The van der Waals surface area contributed by atoms with Crippen LogP contribution in [0, 0.1) is 11.7 Å². The fraction of sp³-hybridized carbons (Fsp3) is 0.500. The average Bonchev–Trinajstić information content (AvgIpc) is 3.54. The molecule has 0 amide bonds. The van der Waals surface area contributed by atoms with Crippen molar-refractivity contribution in [1.82, 2.24) is 19.2 Å². The summed E-state index contributed by atoms with van der Waals surface area (Å²) in [7, 11) is 0. The Morgan fingerprint density at radius 3 is 2.67 bits per heavy atom. The summed E-state index contributed by atoms with van der Waals surface area (Å²) in [5.41, 5.74) is 3.18. The van der Waals surface area contributed by atoms with Gasteiger partial charge in [0.05, 0.1) is 24.9 Å². The molecule has 0 unspecified atom stereocenters. The summed E-state index contributed by atoms with van der Waals surface area (Å²) in [6, 6.07) is 13.7. The Morgan fingerprint density at radius 2 is 1.85 bits per heavy atom. The fourth-order valence-electron chi connectivity index (χ4n) is 5.27. The van der Waals surface area contributed by atoms with E-state index >= 15 is 0 Å². The topological polar surface area (TPSA) is 36.2 Å². The van der Waals surface area contributed by atoms with Gasteiger partial charge >= 0.3 is 0 Å². The second kappa shape index (κ2) is 9.05. The standard InChI is InChI=1S/C26H32FN5O/c27-22-4-1-3-21(15-22)16-29-9-10-31(17-20-7-8-20)24(19-29)23-18-32-25(28-23)5-2-6-26(32)30-11-13-33-14-12-30/h1-6,15,18,20,24H,7-14,16-17,19H2/t24-/m1/s1. The van der Waals surface area contributed by atoms with E-state index in [1.54, 1.807) is 12.1 Å². The first kappa shape index (κ1) is 21.1. The summed E-state index contributed by atoms with van der Waals surface area (Å²) in [4.78, 5) is 12.6. The molecule has 174 valence electrons. The monoisotopic (exact) mass is 449 g/mol. The molecule has 33 heavy (non-hydrogen) atoms. The first-order chi connectivity index (χ1) is 16.2. The molecule has 1 aliphatic carbocycles. The number of benzene rings is 1. The summed E-state index contributed by atoms with van der Waals surface area (Å²) in [6.45, 7) is 8.24. The quantitative estimate of drug-likeness (QED) is 0.575. The molecule has 6 nitrogen and oxygen atoms in total. The minimum Gasteiger partial charge on any atom is -0.378 e. The molecule has 2 aromatic heterocycles. The molecule has 4 heterocycles. The summed E-state index contributed by atoms with van der Waals surface area (Å²) >= 11 is 0. The molecule has 2 aliphatic heterocycles. The van der Waals surface area contributed by atoms with Gasteiger partial charge in [-0.3, -0.25) is 14.2 Å². The third-order valence-electron chi connectivity index (χ3n) is 7.23. The van der Waals surface area contributed by atoms with Crippen LogP contribution < -0.4 is 4.90 Å². The van der Waals surface area contributed by atoms with Gasteiger partial charge in [0.1, 0.15) is 17.3 Å². The number of anilines is 1. The number of halogens is 1. The number of ether oxygens (including phenoxy) is 1. The second-order valence-corrected chi connectivity index (χ2v) is 9.70. The van der Waals surface area contributed by atoms with Crippen molar-refractivity contribution in [3.05, 3.63) is 65.7 Å². The minimum absolute atomic E-state index is 0.160. The van der Waals surface area contributed by atoms with Gasteiger partial charge in [0.2, 0.25) is 0 Å². The molecule has 1 saturated carbocycles. The number of hydrogen-bond donors (Lipinski definition) is 0. The van der Waals surface area contributed by atoms with Crippen LogP contribution in [0.25, 0.3) is 5.65 Å². The van der Waals surface area contributed by atoms with Gasteiger partial charge in [-0.15, -0.1) is 0 Å². The lowest BCUT2D eigenvalue weighted by molar-refractivity contribution is 0.0639. The molecule has 7 heteroatoms. The van der Waals surface area contributed by atoms with Gasteiger partial charge in [0, 0.05) is 52.0 Å². The Bertz CT molecular complexity index is 1110. The number of fused-ring (bicyclic) bond motifs is 1. The molecule has 3 fully saturated rings. The fourth-order valence-corrected chi connectivity index (χ4v) is 5.27. The summed E-state index contributed by atoms with van der Waals surface area (Å²) < 4.78 is 21.5. The van der Waals surface area contributed by atoms with E-state index < -0.39 is 0 Å². The predicted octanol–water partition coefficient (Wildman–Crippen LogP) is 3.58. The van der Waals surface area contributed by atoms with Gasteiger partial charge in [0.15, 0.2) is 0 Å². The van der Waals surface area contributed by atoms with Gasteiger partial charge in [-0.25, -0.2) is 9.37 Å². The van der Waals surface area contributed by atoms with Crippen LogP contribution in [-0.4, -0.2) is 71.7 Å². The largest absolute Gasteiger partial charge is 0.378 e. The number of nitrogens with zero attached hydrogens (tertiary/aromatic N) is 5. The molecule has 3 aliphatic rings. The zero-order valence-corrected chi connectivity index (χ0v) is 19.1. The smallest absolute Gasteiger partial charge is 0.138 e. The van der Waals surface area contributed by atoms with Gasteiger partial charge in [-0.2, -0.15) is 0 Å². The van der Waals surface area contributed by atoms with Crippen LogP contribution in [0.4, 0.5) is 10.2 Å². The number of morpholine rings is 1. The highest BCUT2D eigenvalue weighted by molar-refractivity contribution is 5.53. The number of rotatable bonds is 6. The summed E-state index contributed by atoms with van der Waals surface area (Å²) in [5, 5.41) is 0. The molecule has 0 bridgehead atoms. The van der Waals surface area contributed by atoms with Crippen LogP contribution in [-0.2, 0) is 11.3 Å². The molecule has 0 N–H and O–H groups in total. The van der Waals surface area contributed by atoms with E-state index in [-0.39, 0.29) is 11.9 Å². The molecule has 1 aromatic carbocycles. The lowest BCUT2D eigenvalue weighted by atomic mass is 10.1. The lowest BCUT2D eigenvalue weighted by Crippen LogP contribution is -2.48. The molecule has 0 spiro atoms. The number of pyridine rings is 1. The van der Waals surface area contributed by atoms with E-state index in [9.17, 15) is 4.39 Å². The van der Waals surface area contributed by atoms with Crippen molar-refractivity contribution in [2.45, 2.75) is 25.4 Å². The highest BCUT2D eigenvalue weighted by atomic mass is 19.1. The zero-order chi connectivity index (χ0) is 22.2. The summed E-state index contributed by atoms with van der Waals surface area (Å²) in [6.07, 6.45) is 4.95. The van der Waals surface area contributed by atoms with Crippen LogP contribution in [0.2, 0.25) is 0 Å². The number of hydrogen-bond acceptors (Lipinski definition) is 5. The SMILES string of the molecule is Fc1cccc(CN2CCN(CC3CC3)[C@@H](c3cn4c(N5CCOCC5)cccc4n3)C2)c1. The van der Waals surface area contributed by atoms with Crippen molar-refractivity contribution in [3.63, 3.8) is 0 Å². The maximum atomic E-state index is 13.7. The van der Waals surface area contributed by atoms with Gasteiger partial charge in [-0.1, -0.05) is 18.2 Å². The third kappa shape index (κ3) is 4.63. The molecule has 1 atom stereocenters. The summed E-state index contributed by atoms with van der Waals surface area (Å²) in [5.74, 6) is 1.87. The predicted molar refractivity (Wildman–Crippen MR) is 127 cm³/mol. The van der Waals surface area contributed by atoms with E-state index in [1.807, 2.05) is 6.07 Å². The average molecular weight is 450 g/mol. The Morgan fingerprint density at radius 1 is 1.00 bits per heavy atom. The molecule has 6 rings (SSSR count). The van der Waals surface area contributed by atoms with Crippen LogP contribution in [0.3, 0.4) is 0 Å². The van der Waals surface area contributed by atoms with Crippen molar-refractivity contribution in [2.24, 2.45) is 5.92 Å². The number of aromatic nitrogens is 2. The highest BCUT2D eigenvalue weighted by Gasteiger charge is 2.34. The molecule has 2 saturated heterocycles. The van der Waals surface area contributed by atoms with Crippen LogP contribution in [0.5, 0.6) is 0 Å². The van der Waals surface area contributed by atoms with Crippen LogP contribution in [0.1, 0.15) is 30.1 Å². The minimum atomic E-state index is -0.160. The van der Waals surface area contributed by atoms with E-state index in [2.05, 4.69) is 43.5 Å². The Balaban J connectivity index is 1.28. The number of imidazole rings is 1. The van der Waals surface area contributed by atoms with E-state index in [1.165, 1.54) is 24.7 Å². The lowest BCUT2D eigenvalue weighted by Gasteiger charge is -2.41. The normalized spacial score (nSPS) is 22.8. The van der Waals surface area contributed by atoms with Crippen molar-refractivity contribution >= 4 is 11.5 Å². The van der Waals surface area contributed by atoms with E-state index in [0.717, 1.165) is 81.8 Å². The van der Waals surface area contributed by atoms with Gasteiger partial charge in [0.25, 0.3) is 0 Å². The highest BCUT2D eigenvalue weighted by Crippen LogP contribution is 2.35. The van der Waals surface area contributed by atoms with Crippen LogP contribution >= 0.6 is 0 Å². The maximum Gasteiger partial charge on any atom is 0.138 e. The molecule has 0 radical (unpaired) electrons. The molecular formula is C26H32FN5O. The first-order valence-corrected chi connectivity index (χ1v) is 12.2. The van der Waals surface area contributed by atoms with Crippen molar-refractivity contribution < 1.29 is 9.13 Å². The Labute approximate surface area is 194 Å². The molecule has 3 aromatic rings. The van der Waals surface area contributed by atoms with Crippen LogP contribution in [0.15, 0.2) is 48.7 Å². The Hall–Kier alpha value is -2.48. The second-order valence-electron chi connectivity index (χ2n) is 9.70. The molecular weight excluding hydrogens is 417 g/mol. The van der Waals surface area contributed by atoms with Gasteiger partial charge < -0.3 is 9.64 Å². The van der Waals surface area contributed by atoms with Gasteiger partial charge in [-0.05, 0) is 48.6 Å². The van der Waals surface area contributed by atoms with Crippen molar-refractivity contribution in [1.29, 1.82) is 0 Å². The van der Waals surface area contributed by atoms with E-state index in [4.69, 9.17) is 9.72 Å². The maximum absolute atomic E-state index is 13.7.